The molecule has 0 radical (unpaired) electrons. The number of thioether (sulfide) groups is 1. The average molecular weight is 185 g/mol. The second-order valence-electron chi connectivity index (χ2n) is 2.27. The van der Waals surface area contributed by atoms with E-state index in [1.54, 1.807) is 0 Å². The van der Waals surface area contributed by atoms with Crippen LogP contribution in [0.4, 0.5) is 0 Å². The van der Waals surface area contributed by atoms with Crippen molar-refractivity contribution in [2.45, 2.75) is 23.3 Å². The molecule has 0 aromatic heterocycles. The first-order valence-electron chi connectivity index (χ1n) is 3.14. The summed E-state index contributed by atoms with van der Waals surface area (Å²) in [7, 11) is 0. The van der Waals surface area contributed by atoms with Gasteiger partial charge in [-0.2, -0.15) is 11.8 Å². The standard InChI is InChI=1S/C6H10Cl2S/c7-3-5-1-2-6(4-8)9-5/h5-6H,1-4H2/t5-,6+. The van der Waals surface area contributed by atoms with Crippen LogP contribution in [0.2, 0.25) is 0 Å². The lowest BCUT2D eigenvalue weighted by atomic mass is 10.2. The molecule has 0 nitrogen and oxygen atoms in total. The predicted octanol–water partition coefficient (Wildman–Crippen LogP) is 2.73. The molecule has 0 spiro atoms. The highest BCUT2D eigenvalue weighted by molar-refractivity contribution is 8.00. The molecule has 54 valence electrons. The molecule has 0 bridgehead atoms. The third-order valence-electron chi connectivity index (χ3n) is 1.54. The molecule has 0 saturated carbocycles. The summed E-state index contributed by atoms with van der Waals surface area (Å²) in [5.74, 6) is 1.58. The van der Waals surface area contributed by atoms with Crippen LogP contribution in [-0.4, -0.2) is 22.3 Å². The Morgan fingerprint density at radius 3 is 1.78 bits per heavy atom. The Kier molecular flexibility index (Phi) is 3.52. The Hall–Kier alpha value is 0.930. The highest BCUT2D eigenvalue weighted by Crippen LogP contribution is 2.34. The molecule has 0 unspecified atom stereocenters. The average Bonchev–Trinajstić information content (AvgIpc) is 2.34. The fraction of sp³-hybridized carbons (Fsp3) is 1.00. The Balaban J connectivity index is 2.20. The summed E-state index contributed by atoms with van der Waals surface area (Å²) in [6.45, 7) is 0. The molecule has 0 amide bonds. The fourth-order valence-electron chi connectivity index (χ4n) is 1.01. The number of halogens is 2. The topological polar surface area (TPSA) is 0 Å². The minimum atomic E-state index is 0.676. The van der Waals surface area contributed by atoms with Gasteiger partial charge in [-0.1, -0.05) is 0 Å². The van der Waals surface area contributed by atoms with Gasteiger partial charge in [0, 0.05) is 22.3 Å². The van der Waals surface area contributed by atoms with Gasteiger partial charge in [-0.25, -0.2) is 0 Å². The van der Waals surface area contributed by atoms with Crippen molar-refractivity contribution in [3.63, 3.8) is 0 Å². The zero-order valence-corrected chi connectivity index (χ0v) is 7.48. The van der Waals surface area contributed by atoms with Crippen LogP contribution in [0, 0.1) is 0 Å². The number of hydrogen-bond acceptors (Lipinski definition) is 1. The number of alkyl halides is 2. The Bertz CT molecular complexity index is 77.1. The lowest BCUT2D eigenvalue weighted by Gasteiger charge is -2.03. The van der Waals surface area contributed by atoms with E-state index >= 15 is 0 Å². The second-order valence-corrected chi connectivity index (χ2v) is 4.49. The van der Waals surface area contributed by atoms with Gasteiger partial charge in [0.2, 0.25) is 0 Å². The summed E-state index contributed by atoms with van der Waals surface area (Å²) in [6.07, 6.45) is 2.51. The summed E-state index contributed by atoms with van der Waals surface area (Å²) >= 11 is 13.3. The molecule has 0 N–H and O–H groups in total. The molecule has 1 fully saturated rings. The maximum absolute atomic E-state index is 5.67. The molecule has 9 heavy (non-hydrogen) atoms. The second kappa shape index (κ2) is 3.95. The van der Waals surface area contributed by atoms with Crippen LogP contribution >= 0.6 is 35.0 Å². The van der Waals surface area contributed by atoms with Gasteiger partial charge in [0.15, 0.2) is 0 Å². The van der Waals surface area contributed by atoms with Crippen LogP contribution in [0.3, 0.4) is 0 Å². The molecule has 1 saturated heterocycles. The Labute approximate surface area is 70.3 Å². The molecule has 1 aliphatic rings. The van der Waals surface area contributed by atoms with E-state index in [1.165, 1.54) is 12.8 Å². The van der Waals surface area contributed by atoms with Crippen LogP contribution in [0.25, 0.3) is 0 Å². The summed E-state index contributed by atoms with van der Waals surface area (Å²) in [6, 6.07) is 0. The van der Waals surface area contributed by atoms with E-state index in [2.05, 4.69) is 0 Å². The van der Waals surface area contributed by atoms with Crippen molar-refractivity contribution in [1.82, 2.24) is 0 Å². The maximum Gasteiger partial charge on any atom is 0.0342 e. The van der Waals surface area contributed by atoms with E-state index in [4.69, 9.17) is 23.2 Å². The minimum Gasteiger partial charge on any atom is -0.153 e. The van der Waals surface area contributed by atoms with Gasteiger partial charge in [-0.15, -0.1) is 23.2 Å². The van der Waals surface area contributed by atoms with Gasteiger partial charge in [0.1, 0.15) is 0 Å². The van der Waals surface area contributed by atoms with Crippen LogP contribution in [-0.2, 0) is 0 Å². The molecule has 2 atom stereocenters. The van der Waals surface area contributed by atoms with Gasteiger partial charge in [0.05, 0.1) is 0 Å². The van der Waals surface area contributed by atoms with E-state index in [9.17, 15) is 0 Å². The van der Waals surface area contributed by atoms with Crippen molar-refractivity contribution >= 4 is 35.0 Å². The van der Waals surface area contributed by atoms with Crippen LogP contribution < -0.4 is 0 Å². The van der Waals surface area contributed by atoms with Crippen molar-refractivity contribution in [2.24, 2.45) is 0 Å². The zero-order chi connectivity index (χ0) is 6.69. The SMILES string of the molecule is ClC[C@@H]1CC[C@H](CCl)S1. The third kappa shape index (κ3) is 2.21. The molecule has 0 aromatic rings. The smallest absolute Gasteiger partial charge is 0.0342 e. The molecule has 3 heteroatoms. The van der Waals surface area contributed by atoms with Crippen molar-refractivity contribution < 1.29 is 0 Å². The van der Waals surface area contributed by atoms with Gasteiger partial charge in [-0.05, 0) is 12.8 Å². The van der Waals surface area contributed by atoms with Crippen LogP contribution in [0.5, 0.6) is 0 Å². The van der Waals surface area contributed by atoms with Crippen LogP contribution in [0.1, 0.15) is 12.8 Å². The Morgan fingerprint density at radius 2 is 1.56 bits per heavy atom. The van der Waals surface area contributed by atoms with Crippen molar-refractivity contribution in [3.05, 3.63) is 0 Å². The molecular weight excluding hydrogens is 175 g/mol. The van der Waals surface area contributed by atoms with Crippen molar-refractivity contribution in [3.8, 4) is 0 Å². The zero-order valence-electron chi connectivity index (χ0n) is 5.15. The first-order chi connectivity index (χ1) is 4.36. The largest absolute Gasteiger partial charge is 0.153 e. The molecule has 1 heterocycles. The quantitative estimate of drug-likeness (QED) is 0.596. The van der Waals surface area contributed by atoms with Crippen molar-refractivity contribution in [1.29, 1.82) is 0 Å². The van der Waals surface area contributed by atoms with E-state index in [0.717, 1.165) is 11.8 Å². The predicted molar refractivity (Wildman–Crippen MR) is 45.8 cm³/mol. The van der Waals surface area contributed by atoms with Gasteiger partial charge in [0.25, 0.3) is 0 Å². The van der Waals surface area contributed by atoms with Crippen LogP contribution in [0.15, 0.2) is 0 Å². The molecule has 0 aliphatic carbocycles. The maximum atomic E-state index is 5.67. The first kappa shape index (κ1) is 8.03. The van der Waals surface area contributed by atoms with E-state index in [1.807, 2.05) is 11.8 Å². The lowest BCUT2D eigenvalue weighted by molar-refractivity contribution is 0.782. The minimum absolute atomic E-state index is 0.676. The summed E-state index contributed by atoms with van der Waals surface area (Å²) in [5, 5.41) is 1.35. The molecular formula is C6H10Cl2S. The monoisotopic (exact) mass is 184 g/mol. The fourth-order valence-corrected chi connectivity index (χ4v) is 2.99. The van der Waals surface area contributed by atoms with E-state index < -0.39 is 0 Å². The highest BCUT2D eigenvalue weighted by Gasteiger charge is 2.23. The molecule has 0 aromatic carbocycles. The molecule has 1 aliphatic heterocycles. The summed E-state index contributed by atoms with van der Waals surface area (Å²) in [5.41, 5.74) is 0. The van der Waals surface area contributed by atoms with Gasteiger partial charge < -0.3 is 0 Å². The van der Waals surface area contributed by atoms with Crippen molar-refractivity contribution in [2.75, 3.05) is 11.8 Å². The number of rotatable bonds is 2. The van der Waals surface area contributed by atoms with Gasteiger partial charge in [-0.3, -0.25) is 0 Å². The first-order valence-corrected chi connectivity index (χ1v) is 5.15. The third-order valence-corrected chi connectivity index (χ3v) is 4.23. The summed E-state index contributed by atoms with van der Waals surface area (Å²) in [4.78, 5) is 0. The van der Waals surface area contributed by atoms with E-state index in [-0.39, 0.29) is 0 Å². The molecule has 1 rings (SSSR count). The van der Waals surface area contributed by atoms with E-state index in [0.29, 0.717) is 10.5 Å². The Morgan fingerprint density at radius 1 is 1.11 bits per heavy atom. The summed E-state index contributed by atoms with van der Waals surface area (Å²) < 4.78 is 0. The number of hydrogen-bond donors (Lipinski definition) is 0. The lowest BCUT2D eigenvalue weighted by Crippen LogP contribution is -1.99. The highest BCUT2D eigenvalue weighted by atomic mass is 35.5. The van der Waals surface area contributed by atoms with Gasteiger partial charge >= 0.3 is 0 Å². The normalized spacial score (nSPS) is 35.3.